The third-order valence-corrected chi connectivity index (χ3v) is 8.71. The van der Waals surface area contributed by atoms with E-state index in [1.54, 1.807) is 0 Å². The molecule has 192 valence electrons. The highest BCUT2D eigenvalue weighted by atomic mass is 16.5. The SMILES string of the molecule is O=C(CCC[C@@H]1[C@H]2CCCN3CCC[C@@H](CN1C(=O)c1ccccc1)[C@@H]23)NCCN1CCOCC1. The molecular formula is C28H42N4O3. The van der Waals surface area contributed by atoms with Gasteiger partial charge in [-0.1, -0.05) is 18.2 Å². The lowest BCUT2D eigenvalue weighted by Crippen LogP contribution is -2.65. The Balaban J connectivity index is 1.20. The van der Waals surface area contributed by atoms with Gasteiger partial charge in [-0.25, -0.2) is 0 Å². The number of piperidine rings is 3. The second-order valence-electron chi connectivity index (χ2n) is 10.8. The van der Waals surface area contributed by atoms with Crippen LogP contribution in [0.1, 0.15) is 55.3 Å². The summed E-state index contributed by atoms with van der Waals surface area (Å²) in [7, 11) is 0. The number of nitrogens with zero attached hydrogens (tertiary/aromatic N) is 3. The van der Waals surface area contributed by atoms with Gasteiger partial charge in [0, 0.05) is 56.8 Å². The molecule has 35 heavy (non-hydrogen) atoms. The van der Waals surface area contributed by atoms with E-state index in [1.807, 2.05) is 30.3 Å². The van der Waals surface area contributed by atoms with Gasteiger partial charge in [-0.2, -0.15) is 0 Å². The van der Waals surface area contributed by atoms with Crippen LogP contribution < -0.4 is 5.32 Å². The van der Waals surface area contributed by atoms with Crippen molar-refractivity contribution < 1.29 is 14.3 Å². The zero-order chi connectivity index (χ0) is 24.0. The second-order valence-corrected chi connectivity index (χ2v) is 10.8. The van der Waals surface area contributed by atoms with Gasteiger partial charge in [0.15, 0.2) is 0 Å². The monoisotopic (exact) mass is 482 g/mol. The number of carbonyl (C=O) groups is 2. The van der Waals surface area contributed by atoms with Crippen molar-refractivity contribution in [3.05, 3.63) is 35.9 Å². The maximum Gasteiger partial charge on any atom is 0.254 e. The molecule has 0 spiro atoms. The number of ether oxygens (including phenoxy) is 1. The predicted molar refractivity (Wildman–Crippen MR) is 136 cm³/mol. The highest BCUT2D eigenvalue weighted by Gasteiger charge is 2.49. The van der Waals surface area contributed by atoms with Gasteiger partial charge in [-0.15, -0.1) is 0 Å². The van der Waals surface area contributed by atoms with Gasteiger partial charge in [0.1, 0.15) is 0 Å². The van der Waals surface area contributed by atoms with E-state index in [2.05, 4.69) is 20.0 Å². The molecule has 0 unspecified atom stereocenters. The third-order valence-electron chi connectivity index (χ3n) is 8.71. The molecule has 4 atom stereocenters. The Morgan fingerprint density at radius 2 is 1.77 bits per heavy atom. The van der Waals surface area contributed by atoms with Gasteiger partial charge in [0.2, 0.25) is 5.91 Å². The van der Waals surface area contributed by atoms with E-state index in [-0.39, 0.29) is 17.9 Å². The summed E-state index contributed by atoms with van der Waals surface area (Å²) >= 11 is 0. The van der Waals surface area contributed by atoms with Crippen molar-refractivity contribution in [1.82, 2.24) is 20.0 Å². The Labute approximate surface area is 210 Å². The summed E-state index contributed by atoms with van der Waals surface area (Å²) in [5.41, 5.74) is 0.792. The van der Waals surface area contributed by atoms with E-state index in [0.717, 1.165) is 57.8 Å². The number of benzene rings is 1. The van der Waals surface area contributed by atoms with E-state index in [4.69, 9.17) is 4.74 Å². The van der Waals surface area contributed by atoms with E-state index in [9.17, 15) is 9.59 Å². The van der Waals surface area contributed by atoms with Crippen LogP contribution in [0.15, 0.2) is 30.3 Å². The largest absolute Gasteiger partial charge is 0.379 e. The van der Waals surface area contributed by atoms with Gasteiger partial charge in [0.25, 0.3) is 5.91 Å². The van der Waals surface area contributed by atoms with Crippen LogP contribution in [-0.4, -0.2) is 97.6 Å². The number of rotatable bonds is 8. The first-order valence-electron chi connectivity index (χ1n) is 13.9. The maximum absolute atomic E-state index is 13.7. The minimum Gasteiger partial charge on any atom is -0.379 e. The standard InChI is InChI=1S/C28H42N4O3/c33-26(29-13-16-30-17-19-35-20-18-30)12-4-11-25-24-10-6-15-31-14-5-9-23(27(24)31)21-32(25)28(34)22-7-2-1-3-8-22/h1-3,7-8,23-25,27H,4-6,9-21H2,(H,29,33)/t23-,24+,25+,27-/m0/s1. The lowest BCUT2D eigenvalue weighted by atomic mass is 9.69. The van der Waals surface area contributed by atoms with Crippen LogP contribution in [0.5, 0.6) is 0 Å². The number of hydrogen-bond donors (Lipinski definition) is 1. The molecule has 0 bridgehead atoms. The van der Waals surface area contributed by atoms with E-state index >= 15 is 0 Å². The molecule has 2 amide bonds. The molecular weight excluding hydrogens is 440 g/mol. The molecule has 4 aliphatic heterocycles. The third kappa shape index (κ3) is 5.89. The van der Waals surface area contributed by atoms with Crippen LogP contribution in [0.25, 0.3) is 0 Å². The number of amides is 2. The Morgan fingerprint density at radius 1 is 1.00 bits per heavy atom. The molecule has 7 heteroatoms. The lowest BCUT2D eigenvalue weighted by molar-refractivity contribution is -0.121. The molecule has 7 nitrogen and oxygen atoms in total. The Hall–Kier alpha value is -1.96. The Morgan fingerprint density at radius 3 is 2.57 bits per heavy atom. The number of carbonyl (C=O) groups excluding carboxylic acids is 2. The average molecular weight is 483 g/mol. The van der Waals surface area contributed by atoms with Crippen molar-refractivity contribution in [3.8, 4) is 0 Å². The fraction of sp³-hybridized carbons (Fsp3) is 0.714. The van der Waals surface area contributed by atoms with Gasteiger partial charge in [0.05, 0.1) is 13.2 Å². The molecule has 5 rings (SSSR count). The molecule has 4 heterocycles. The second kappa shape index (κ2) is 11.8. The molecule has 0 radical (unpaired) electrons. The molecule has 4 aliphatic rings. The first kappa shape index (κ1) is 24.7. The highest BCUT2D eigenvalue weighted by Crippen LogP contribution is 2.43. The molecule has 1 aromatic rings. The van der Waals surface area contributed by atoms with E-state index in [0.29, 0.717) is 30.8 Å². The molecule has 0 aliphatic carbocycles. The highest BCUT2D eigenvalue weighted by molar-refractivity contribution is 5.94. The Bertz CT molecular complexity index is 842. The van der Waals surface area contributed by atoms with Crippen molar-refractivity contribution in [2.24, 2.45) is 11.8 Å². The van der Waals surface area contributed by atoms with Crippen LogP contribution >= 0.6 is 0 Å². The molecule has 4 fully saturated rings. The minimum absolute atomic E-state index is 0.135. The van der Waals surface area contributed by atoms with Gasteiger partial charge < -0.3 is 15.0 Å². The summed E-state index contributed by atoms with van der Waals surface area (Å²) in [5, 5.41) is 3.11. The quantitative estimate of drug-likeness (QED) is 0.617. The van der Waals surface area contributed by atoms with Gasteiger partial charge in [-0.3, -0.25) is 19.4 Å². The molecule has 1 N–H and O–H groups in total. The van der Waals surface area contributed by atoms with Gasteiger partial charge in [-0.05, 0) is 75.6 Å². The molecule has 4 saturated heterocycles. The van der Waals surface area contributed by atoms with Gasteiger partial charge >= 0.3 is 0 Å². The summed E-state index contributed by atoms with van der Waals surface area (Å²) in [5.74, 6) is 1.42. The fourth-order valence-corrected chi connectivity index (χ4v) is 7.08. The van der Waals surface area contributed by atoms with Crippen molar-refractivity contribution in [3.63, 3.8) is 0 Å². The van der Waals surface area contributed by atoms with E-state index in [1.165, 1.54) is 38.8 Å². The minimum atomic E-state index is 0.135. The normalized spacial score (nSPS) is 29.4. The lowest BCUT2D eigenvalue weighted by Gasteiger charge is -2.57. The fourth-order valence-electron chi connectivity index (χ4n) is 7.08. The van der Waals surface area contributed by atoms with Crippen molar-refractivity contribution in [1.29, 1.82) is 0 Å². The van der Waals surface area contributed by atoms with Crippen LogP contribution in [0.4, 0.5) is 0 Å². The first-order valence-corrected chi connectivity index (χ1v) is 13.9. The van der Waals surface area contributed by atoms with Crippen LogP contribution in [0.3, 0.4) is 0 Å². The number of hydrogen-bond acceptors (Lipinski definition) is 5. The number of morpholine rings is 1. The molecule has 0 aromatic heterocycles. The molecule has 0 saturated carbocycles. The summed E-state index contributed by atoms with van der Waals surface area (Å²) in [6, 6.07) is 10.6. The maximum atomic E-state index is 13.7. The summed E-state index contributed by atoms with van der Waals surface area (Å²) in [6.07, 6.45) is 7.19. The van der Waals surface area contributed by atoms with Crippen LogP contribution in [-0.2, 0) is 9.53 Å². The van der Waals surface area contributed by atoms with Crippen molar-refractivity contribution in [2.45, 2.75) is 57.0 Å². The van der Waals surface area contributed by atoms with Crippen LogP contribution in [0, 0.1) is 11.8 Å². The number of nitrogens with one attached hydrogen (secondary N) is 1. The zero-order valence-electron chi connectivity index (χ0n) is 21.1. The predicted octanol–water partition coefficient (Wildman–Crippen LogP) is 2.62. The first-order chi connectivity index (χ1) is 17.2. The average Bonchev–Trinajstić information content (AvgIpc) is 2.90. The van der Waals surface area contributed by atoms with Crippen molar-refractivity contribution >= 4 is 11.8 Å². The van der Waals surface area contributed by atoms with Crippen molar-refractivity contribution in [2.75, 3.05) is 59.0 Å². The smallest absolute Gasteiger partial charge is 0.254 e. The van der Waals surface area contributed by atoms with E-state index < -0.39 is 0 Å². The topological polar surface area (TPSA) is 65.1 Å². The molecule has 1 aromatic carbocycles. The Kier molecular flexibility index (Phi) is 8.37. The number of likely N-dealkylation sites (tertiary alicyclic amines) is 1. The van der Waals surface area contributed by atoms with Crippen LogP contribution in [0.2, 0.25) is 0 Å². The summed E-state index contributed by atoms with van der Waals surface area (Å²) < 4.78 is 5.39. The zero-order valence-corrected chi connectivity index (χ0v) is 21.1. The summed E-state index contributed by atoms with van der Waals surface area (Å²) in [4.78, 5) is 33.5. The summed E-state index contributed by atoms with van der Waals surface area (Å²) in [6.45, 7) is 8.34.